The van der Waals surface area contributed by atoms with Crippen LogP contribution in [0.25, 0.3) is 22.6 Å². The summed E-state index contributed by atoms with van der Waals surface area (Å²) in [5.74, 6) is -0.295. The molecule has 5 rings (SSSR count). The lowest BCUT2D eigenvalue weighted by molar-refractivity contribution is 0.628. The molecule has 0 N–H and O–H groups in total. The van der Waals surface area contributed by atoms with Crippen molar-refractivity contribution in [1.82, 2.24) is 29.2 Å². The molecule has 0 unspecified atom stereocenters. The van der Waals surface area contributed by atoms with Gasteiger partial charge in [-0.25, -0.2) is 9.37 Å². The third-order valence-electron chi connectivity index (χ3n) is 3.93. The minimum absolute atomic E-state index is 0.295. The average molecular weight is 362 g/mol. The minimum Gasteiger partial charge on any atom is -0.306 e. The van der Waals surface area contributed by atoms with E-state index in [-0.39, 0.29) is 5.82 Å². The Balaban J connectivity index is 1.56. The SMILES string of the molecule is Fc1cccc(-c2ccc3nnc(Sc4ccc5nccn5c4)n3n2)c1. The summed E-state index contributed by atoms with van der Waals surface area (Å²) in [7, 11) is 0. The van der Waals surface area contributed by atoms with Gasteiger partial charge in [0.1, 0.15) is 11.5 Å². The molecule has 0 aliphatic carbocycles. The van der Waals surface area contributed by atoms with Gasteiger partial charge in [0.25, 0.3) is 0 Å². The van der Waals surface area contributed by atoms with E-state index >= 15 is 0 Å². The van der Waals surface area contributed by atoms with Gasteiger partial charge in [0.05, 0.1) is 5.69 Å². The van der Waals surface area contributed by atoms with E-state index in [1.807, 2.05) is 47.1 Å². The Morgan fingerprint density at radius 1 is 0.962 bits per heavy atom. The Hall–Kier alpha value is -3.26. The maximum Gasteiger partial charge on any atom is 0.217 e. The topological polar surface area (TPSA) is 60.4 Å². The van der Waals surface area contributed by atoms with Crippen LogP contribution in [0.3, 0.4) is 0 Å². The maximum absolute atomic E-state index is 13.5. The summed E-state index contributed by atoms with van der Waals surface area (Å²) in [5, 5.41) is 13.6. The fourth-order valence-corrected chi connectivity index (χ4v) is 3.52. The van der Waals surface area contributed by atoms with E-state index in [2.05, 4.69) is 20.3 Å². The van der Waals surface area contributed by atoms with E-state index in [1.54, 1.807) is 16.8 Å². The Bertz CT molecular complexity index is 1240. The summed E-state index contributed by atoms with van der Waals surface area (Å²) >= 11 is 1.45. The zero-order valence-corrected chi connectivity index (χ0v) is 14.1. The second-order valence-corrected chi connectivity index (χ2v) is 6.68. The fourth-order valence-electron chi connectivity index (χ4n) is 2.70. The van der Waals surface area contributed by atoms with E-state index in [0.717, 1.165) is 10.5 Å². The third-order valence-corrected chi connectivity index (χ3v) is 4.84. The summed E-state index contributed by atoms with van der Waals surface area (Å²) in [5.41, 5.74) is 2.88. The smallest absolute Gasteiger partial charge is 0.217 e. The van der Waals surface area contributed by atoms with Crippen LogP contribution >= 0.6 is 11.8 Å². The maximum atomic E-state index is 13.5. The molecule has 0 atom stereocenters. The molecule has 1 aromatic carbocycles. The molecule has 0 saturated carbocycles. The molecule has 6 nitrogen and oxygen atoms in total. The van der Waals surface area contributed by atoms with Gasteiger partial charge in [-0.3, -0.25) is 0 Å². The molecule has 0 bridgehead atoms. The molecule has 4 heterocycles. The van der Waals surface area contributed by atoms with Crippen LogP contribution in [0.1, 0.15) is 0 Å². The molecule has 0 fully saturated rings. The molecule has 8 heteroatoms. The summed E-state index contributed by atoms with van der Waals surface area (Å²) in [4.78, 5) is 5.23. The van der Waals surface area contributed by atoms with Crippen molar-refractivity contribution in [2.75, 3.05) is 0 Å². The average Bonchev–Trinajstić information content (AvgIpc) is 3.28. The monoisotopic (exact) mass is 362 g/mol. The van der Waals surface area contributed by atoms with Crippen molar-refractivity contribution in [3.8, 4) is 11.3 Å². The zero-order valence-electron chi connectivity index (χ0n) is 13.3. The first-order valence-corrected chi connectivity index (χ1v) is 8.67. The summed E-state index contributed by atoms with van der Waals surface area (Å²) < 4.78 is 17.1. The molecule has 4 aromatic heterocycles. The van der Waals surface area contributed by atoms with E-state index in [0.29, 0.717) is 22.1 Å². The largest absolute Gasteiger partial charge is 0.306 e. The van der Waals surface area contributed by atoms with Crippen LogP contribution in [0.5, 0.6) is 0 Å². The van der Waals surface area contributed by atoms with Crippen molar-refractivity contribution in [1.29, 1.82) is 0 Å². The fraction of sp³-hybridized carbons (Fsp3) is 0. The molecule has 0 radical (unpaired) electrons. The van der Waals surface area contributed by atoms with Crippen molar-refractivity contribution in [2.45, 2.75) is 10.1 Å². The molecular weight excluding hydrogens is 351 g/mol. The zero-order chi connectivity index (χ0) is 17.5. The first kappa shape index (κ1) is 15.0. The number of pyridine rings is 1. The quantitative estimate of drug-likeness (QED) is 0.489. The van der Waals surface area contributed by atoms with Gasteiger partial charge in [0.15, 0.2) is 5.65 Å². The molecule has 0 aliphatic rings. The van der Waals surface area contributed by atoms with Crippen LogP contribution in [0, 0.1) is 5.82 Å². The van der Waals surface area contributed by atoms with Crippen LogP contribution in [-0.2, 0) is 0 Å². The second kappa shape index (κ2) is 5.92. The molecular formula is C18H11FN6S. The first-order valence-electron chi connectivity index (χ1n) is 7.85. The first-order chi connectivity index (χ1) is 12.8. The molecule has 0 saturated heterocycles. The number of aromatic nitrogens is 6. The van der Waals surface area contributed by atoms with Gasteiger partial charge in [-0.15, -0.1) is 10.2 Å². The van der Waals surface area contributed by atoms with E-state index in [4.69, 9.17) is 0 Å². The highest BCUT2D eigenvalue weighted by atomic mass is 32.2. The van der Waals surface area contributed by atoms with E-state index in [9.17, 15) is 4.39 Å². The van der Waals surface area contributed by atoms with Gasteiger partial charge in [-0.2, -0.15) is 9.61 Å². The highest BCUT2D eigenvalue weighted by molar-refractivity contribution is 7.99. The minimum atomic E-state index is -0.295. The Labute approximate surface area is 151 Å². The van der Waals surface area contributed by atoms with Gasteiger partial charge < -0.3 is 4.40 Å². The van der Waals surface area contributed by atoms with Crippen LogP contribution in [0.15, 0.2) is 77.2 Å². The Morgan fingerprint density at radius 3 is 2.81 bits per heavy atom. The lowest BCUT2D eigenvalue weighted by Gasteiger charge is -2.04. The van der Waals surface area contributed by atoms with Crippen LogP contribution in [0.4, 0.5) is 4.39 Å². The van der Waals surface area contributed by atoms with Crippen molar-refractivity contribution in [3.63, 3.8) is 0 Å². The second-order valence-electron chi connectivity index (χ2n) is 5.64. The highest BCUT2D eigenvalue weighted by Crippen LogP contribution is 2.27. The van der Waals surface area contributed by atoms with Gasteiger partial charge in [-0.1, -0.05) is 12.1 Å². The highest BCUT2D eigenvalue weighted by Gasteiger charge is 2.11. The summed E-state index contributed by atoms with van der Waals surface area (Å²) in [6.07, 6.45) is 5.62. The normalized spacial score (nSPS) is 11.4. The number of fused-ring (bicyclic) bond motifs is 2. The Kier molecular flexibility index (Phi) is 3.42. The van der Waals surface area contributed by atoms with Crippen LogP contribution in [0.2, 0.25) is 0 Å². The van der Waals surface area contributed by atoms with Crippen LogP contribution in [-0.4, -0.2) is 29.2 Å². The molecule has 5 aromatic rings. The van der Waals surface area contributed by atoms with Crippen LogP contribution < -0.4 is 0 Å². The van der Waals surface area contributed by atoms with Gasteiger partial charge >= 0.3 is 0 Å². The molecule has 0 amide bonds. The number of benzene rings is 1. The standard InChI is InChI=1S/C18H11FN6S/c19-13-3-1-2-12(10-13)15-5-7-17-21-22-18(25(17)23-15)26-14-4-6-16-20-8-9-24(16)11-14/h1-11H. The number of hydrogen-bond acceptors (Lipinski definition) is 5. The van der Waals surface area contributed by atoms with Gasteiger partial charge in [0.2, 0.25) is 5.16 Å². The van der Waals surface area contributed by atoms with Crippen molar-refractivity contribution >= 4 is 23.1 Å². The van der Waals surface area contributed by atoms with Gasteiger partial charge in [0, 0.05) is 29.0 Å². The number of nitrogens with zero attached hydrogens (tertiary/aromatic N) is 6. The van der Waals surface area contributed by atoms with E-state index < -0.39 is 0 Å². The number of hydrogen-bond donors (Lipinski definition) is 0. The van der Waals surface area contributed by atoms with Gasteiger partial charge in [-0.05, 0) is 48.2 Å². The molecule has 126 valence electrons. The van der Waals surface area contributed by atoms with E-state index in [1.165, 1.54) is 23.9 Å². The number of imidazole rings is 1. The lowest BCUT2D eigenvalue weighted by Crippen LogP contribution is -1.96. The van der Waals surface area contributed by atoms with Crippen molar-refractivity contribution in [2.24, 2.45) is 0 Å². The van der Waals surface area contributed by atoms with Crippen molar-refractivity contribution in [3.05, 3.63) is 72.9 Å². The number of rotatable bonds is 3. The summed E-state index contributed by atoms with van der Waals surface area (Å²) in [6, 6.07) is 13.9. The number of halogens is 1. The predicted octanol–water partition coefficient (Wildman–Crippen LogP) is 3.73. The third kappa shape index (κ3) is 2.60. The Morgan fingerprint density at radius 2 is 1.88 bits per heavy atom. The molecule has 0 spiro atoms. The van der Waals surface area contributed by atoms with Crippen molar-refractivity contribution < 1.29 is 4.39 Å². The molecule has 0 aliphatic heterocycles. The summed E-state index contributed by atoms with van der Waals surface area (Å²) in [6.45, 7) is 0. The predicted molar refractivity (Wildman–Crippen MR) is 95.5 cm³/mol. The molecule has 26 heavy (non-hydrogen) atoms. The lowest BCUT2D eigenvalue weighted by atomic mass is 10.1.